The molecule has 1 atom stereocenters. The predicted molar refractivity (Wildman–Crippen MR) is 87.0 cm³/mol. The van der Waals surface area contributed by atoms with E-state index in [0.29, 0.717) is 6.04 Å². The molecule has 1 aromatic heterocycles. The highest BCUT2D eigenvalue weighted by Crippen LogP contribution is 2.32. The SMILES string of the molecule is CC[C@@H](C)Nc1cc2cc(C(=O)[O-])ccc2c2cnccc12. The van der Waals surface area contributed by atoms with E-state index in [0.717, 1.165) is 33.7 Å². The molecule has 0 aliphatic rings. The zero-order valence-corrected chi connectivity index (χ0v) is 12.6. The monoisotopic (exact) mass is 293 g/mol. The molecule has 0 spiro atoms. The van der Waals surface area contributed by atoms with Crippen molar-refractivity contribution < 1.29 is 9.90 Å². The third-order valence-corrected chi connectivity index (χ3v) is 4.00. The van der Waals surface area contributed by atoms with E-state index in [1.807, 2.05) is 24.4 Å². The first kappa shape index (κ1) is 14.3. The lowest BCUT2D eigenvalue weighted by molar-refractivity contribution is -0.255. The molecule has 112 valence electrons. The number of pyridine rings is 1. The number of hydrogen-bond donors (Lipinski definition) is 1. The van der Waals surface area contributed by atoms with Gasteiger partial charge in [-0.2, -0.15) is 0 Å². The maximum atomic E-state index is 11.1. The van der Waals surface area contributed by atoms with Gasteiger partial charge in [0.15, 0.2) is 0 Å². The minimum atomic E-state index is -1.16. The van der Waals surface area contributed by atoms with Gasteiger partial charge >= 0.3 is 0 Å². The summed E-state index contributed by atoms with van der Waals surface area (Å²) in [6.45, 7) is 4.24. The average Bonchev–Trinajstić information content (AvgIpc) is 2.54. The number of fused-ring (bicyclic) bond motifs is 3. The van der Waals surface area contributed by atoms with Crippen molar-refractivity contribution in [3.63, 3.8) is 0 Å². The van der Waals surface area contributed by atoms with Crippen LogP contribution in [0.5, 0.6) is 0 Å². The van der Waals surface area contributed by atoms with Crippen LogP contribution in [0.1, 0.15) is 30.6 Å². The molecule has 0 amide bonds. The van der Waals surface area contributed by atoms with Crippen LogP contribution < -0.4 is 10.4 Å². The van der Waals surface area contributed by atoms with E-state index in [9.17, 15) is 9.90 Å². The Morgan fingerprint density at radius 1 is 1.23 bits per heavy atom. The first-order valence-corrected chi connectivity index (χ1v) is 7.38. The minimum Gasteiger partial charge on any atom is -0.545 e. The zero-order valence-electron chi connectivity index (χ0n) is 12.6. The molecule has 0 radical (unpaired) electrons. The van der Waals surface area contributed by atoms with E-state index in [1.54, 1.807) is 18.3 Å². The van der Waals surface area contributed by atoms with Gasteiger partial charge in [-0.1, -0.05) is 19.1 Å². The van der Waals surface area contributed by atoms with Crippen LogP contribution in [0.15, 0.2) is 42.7 Å². The van der Waals surface area contributed by atoms with E-state index >= 15 is 0 Å². The number of carbonyl (C=O) groups is 1. The van der Waals surface area contributed by atoms with Crippen molar-refractivity contribution in [1.82, 2.24) is 4.98 Å². The number of anilines is 1. The first-order chi connectivity index (χ1) is 10.6. The summed E-state index contributed by atoms with van der Waals surface area (Å²) in [5.74, 6) is -1.16. The Morgan fingerprint density at radius 2 is 2.05 bits per heavy atom. The van der Waals surface area contributed by atoms with Crippen molar-refractivity contribution in [2.45, 2.75) is 26.3 Å². The minimum absolute atomic E-state index is 0.185. The lowest BCUT2D eigenvalue weighted by Gasteiger charge is -2.17. The van der Waals surface area contributed by atoms with Crippen molar-refractivity contribution in [3.05, 3.63) is 48.3 Å². The van der Waals surface area contributed by atoms with Gasteiger partial charge in [0.05, 0.1) is 5.97 Å². The average molecular weight is 293 g/mol. The second-order valence-corrected chi connectivity index (χ2v) is 5.52. The zero-order chi connectivity index (χ0) is 15.7. The van der Waals surface area contributed by atoms with Crippen LogP contribution in [0.25, 0.3) is 21.5 Å². The quantitative estimate of drug-likeness (QED) is 0.751. The number of carboxylic acids is 1. The summed E-state index contributed by atoms with van der Waals surface area (Å²) in [7, 11) is 0. The molecular weight excluding hydrogens is 276 g/mol. The molecule has 0 bridgehead atoms. The summed E-state index contributed by atoms with van der Waals surface area (Å²) in [6.07, 6.45) is 4.59. The number of aromatic nitrogens is 1. The van der Waals surface area contributed by atoms with E-state index in [1.165, 1.54) is 0 Å². The van der Waals surface area contributed by atoms with Crippen molar-refractivity contribution >= 4 is 33.2 Å². The number of aromatic carboxylic acids is 1. The summed E-state index contributed by atoms with van der Waals surface area (Å²) >= 11 is 0. The molecule has 0 aliphatic heterocycles. The van der Waals surface area contributed by atoms with E-state index in [2.05, 4.69) is 24.1 Å². The van der Waals surface area contributed by atoms with Crippen LogP contribution in [0.3, 0.4) is 0 Å². The molecule has 0 saturated carbocycles. The lowest BCUT2D eigenvalue weighted by atomic mass is 9.99. The number of nitrogens with one attached hydrogen (secondary N) is 1. The Hall–Kier alpha value is -2.62. The third-order valence-electron chi connectivity index (χ3n) is 4.00. The molecule has 0 aliphatic carbocycles. The smallest absolute Gasteiger partial charge is 0.0715 e. The van der Waals surface area contributed by atoms with Crippen molar-refractivity contribution in [1.29, 1.82) is 0 Å². The van der Waals surface area contributed by atoms with Gasteiger partial charge in [0, 0.05) is 34.9 Å². The fraction of sp³-hybridized carbons (Fsp3) is 0.222. The molecule has 0 saturated heterocycles. The largest absolute Gasteiger partial charge is 0.545 e. The second-order valence-electron chi connectivity index (χ2n) is 5.52. The highest BCUT2D eigenvalue weighted by molar-refractivity contribution is 6.13. The molecule has 4 heteroatoms. The fourth-order valence-electron chi connectivity index (χ4n) is 2.62. The van der Waals surface area contributed by atoms with Crippen LogP contribution >= 0.6 is 0 Å². The summed E-state index contributed by atoms with van der Waals surface area (Å²) in [4.78, 5) is 15.3. The Morgan fingerprint density at radius 3 is 2.77 bits per heavy atom. The molecule has 22 heavy (non-hydrogen) atoms. The Labute approximate surface area is 128 Å². The topological polar surface area (TPSA) is 65.0 Å². The third kappa shape index (κ3) is 2.48. The fourth-order valence-corrected chi connectivity index (χ4v) is 2.62. The summed E-state index contributed by atoms with van der Waals surface area (Å²) < 4.78 is 0. The Bertz CT molecular complexity index is 858. The Kier molecular flexibility index (Phi) is 3.67. The summed E-state index contributed by atoms with van der Waals surface area (Å²) in [5, 5.41) is 18.5. The molecule has 3 rings (SSSR count). The highest BCUT2D eigenvalue weighted by Gasteiger charge is 2.09. The summed E-state index contributed by atoms with van der Waals surface area (Å²) in [5.41, 5.74) is 1.18. The molecule has 3 aromatic rings. The molecular formula is C18H17N2O2-. The van der Waals surface area contributed by atoms with Crippen LogP contribution in [0.2, 0.25) is 0 Å². The number of carboxylic acid groups (broad SMARTS) is 1. The van der Waals surface area contributed by atoms with Crippen LogP contribution in [0, 0.1) is 0 Å². The highest BCUT2D eigenvalue weighted by atomic mass is 16.4. The standard InChI is InChI=1S/C18H18N2O2/c1-3-11(2)20-17-9-13-8-12(18(21)22)4-5-14(13)16-10-19-7-6-15(16)17/h4-11,20H,3H2,1-2H3,(H,21,22)/p-1/t11-/m1/s1. The van der Waals surface area contributed by atoms with Gasteiger partial charge in [-0.3, -0.25) is 4.98 Å². The van der Waals surface area contributed by atoms with Gasteiger partial charge in [-0.15, -0.1) is 0 Å². The normalized spacial score (nSPS) is 12.5. The number of benzene rings is 2. The lowest BCUT2D eigenvalue weighted by Crippen LogP contribution is -2.22. The predicted octanol–water partition coefficient (Wildman–Crippen LogP) is 2.96. The van der Waals surface area contributed by atoms with Crippen molar-refractivity contribution in [2.24, 2.45) is 0 Å². The van der Waals surface area contributed by atoms with Gasteiger partial charge in [-0.05, 0) is 47.9 Å². The van der Waals surface area contributed by atoms with E-state index in [4.69, 9.17) is 0 Å². The molecule has 1 heterocycles. The van der Waals surface area contributed by atoms with Crippen LogP contribution in [-0.4, -0.2) is 17.0 Å². The van der Waals surface area contributed by atoms with E-state index in [-0.39, 0.29) is 5.56 Å². The maximum Gasteiger partial charge on any atom is 0.0715 e. The van der Waals surface area contributed by atoms with Crippen molar-refractivity contribution in [2.75, 3.05) is 5.32 Å². The molecule has 0 unspecified atom stereocenters. The van der Waals surface area contributed by atoms with Gasteiger partial charge in [-0.25, -0.2) is 0 Å². The van der Waals surface area contributed by atoms with Gasteiger partial charge in [0.1, 0.15) is 0 Å². The molecule has 1 N–H and O–H groups in total. The maximum absolute atomic E-state index is 11.1. The van der Waals surface area contributed by atoms with Gasteiger partial charge < -0.3 is 15.2 Å². The van der Waals surface area contributed by atoms with Gasteiger partial charge in [0.2, 0.25) is 0 Å². The number of hydrogen-bond acceptors (Lipinski definition) is 4. The van der Waals surface area contributed by atoms with Crippen LogP contribution in [-0.2, 0) is 0 Å². The number of rotatable bonds is 4. The second kappa shape index (κ2) is 5.64. The van der Waals surface area contributed by atoms with E-state index < -0.39 is 5.97 Å². The van der Waals surface area contributed by atoms with Crippen molar-refractivity contribution in [3.8, 4) is 0 Å². The number of nitrogens with zero attached hydrogens (tertiary/aromatic N) is 1. The molecule has 4 nitrogen and oxygen atoms in total. The summed E-state index contributed by atoms with van der Waals surface area (Å²) in [6, 6.07) is 9.35. The Balaban J connectivity index is 2.29. The molecule has 2 aromatic carbocycles. The first-order valence-electron chi connectivity index (χ1n) is 7.38. The number of carbonyl (C=O) groups excluding carboxylic acids is 1. The van der Waals surface area contributed by atoms with Crippen LogP contribution in [0.4, 0.5) is 5.69 Å². The van der Waals surface area contributed by atoms with Gasteiger partial charge in [0.25, 0.3) is 0 Å². The molecule has 0 fully saturated rings.